The molecule has 0 aliphatic rings. The fourth-order valence-corrected chi connectivity index (χ4v) is 4.12. The van der Waals surface area contributed by atoms with Gasteiger partial charge in [0.1, 0.15) is 12.4 Å². The first-order valence-corrected chi connectivity index (χ1v) is 11.9. The maximum absolute atomic E-state index is 13.6. The van der Waals surface area contributed by atoms with Crippen LogP contribution in [0.15, 0.2) is 60.7 Å². The number of rotatable bonds is 9. The molecule has 3 aromatic carbocycles. The molecule has 0 heterocycles. The van der Waals surface area contributed by atoms with Crippen LogP contribution in [0.1, 0.15) is 35.2 Å². The molecule has 0 aliphatic heterocycles. The number of alkyl halides is 3. The number of hydrogen-bond donors (Lipinski definition) is 1. The highest BCUT2D eigenvalue weighted by Crippen LogP contribution is 2.40. The maximum atomic E-state index is 13.6. The Bertz CT molecular complexity index is 1310. The molecule has 38 heavy (non-hydrogen) atoms. The minimum Gasteiger partial charge on any atom is -0.496 e. The summed E-state index contributed by atoms with van der Waals surface area (Å²) in [4.78, 5) is 24.6. The van der Waals surface area contributed by atoms with Crippen LogP contribution in [-0.4, -0.2) is 26.2 Å². The molecule has 2 atom stereocenters. The molecule has 3 rings (SSSR count). The Morgan fingerprint density at radius 2 is 1.71 bits per heavy atom. The Balaban J connectivity index is 2.01. The zero-order valence-corrected chi connectivity index (χ0v) is 21.7. The van der Waals surface area contributed by atoms with Crippen LogP contribution in [0.2, 0.25) is 5.02 Å². The number of benzene rings is 3. The first kappa shape index (κ1) is 29.0. The van der Waals surface area contributed by atoms with E-state index in [9.17, 15) is 22.8 Å². The molecule has 0 aliphatic carbocycles. The summed E-state index contributed by atoms with van der Waals surface area (Å²) in [6.07, 6.45) is -4.69. The summed E-state index contributed by atoms with van der Waals surface area (Å²) in [6, 6.07) is 13.6. The van der Waals surface area contributed by atoms with Gasteiger partial charge in [0, 0.05) is 16.6 Å². The third kappa shape index (κ3) is 7.05. The zero-order chi connectivity index (χ0) is 28.0. The van der Waals surface area contributed by atoms with E-state index in [0.717, 1.165) is 12.1 Å². The van der Waals surface area contributed by atoms with Crippen molar-refractivity contribution in [1.82, 2.24) is 0 Å². The van der Waals surface area contributed by atoms with Crippen molar-refractivity contribution in [3.63, 3.8) is 0 Å². The third-order valence-corrected chi connectivity index (χ3v) is 6.28. The summed E-state index contributed by atoms with van der Waals surface area (Å²) >= 11 is 5.96. The highest BCUT2D eigenvalue weighted by atomic mass is 35.5. The molecule has 0 fully saturated rings. The molecule has 0 bridgehead atoms. The van der Waals surface area contributed by atoms with E-state index in [1.54, 1.807) is 42.5 Å². The van der Waals surface area contributed by atoms with Crippen molar-refractivity contribution >= 4 is 23.5 Å². The van der Waals surface area contributed by atoms with E-state index < -0.39 is 35.6 Å². The Hall–Kier alpha value is -3.56. The summed E-state index contributed by atoms with van der Waals surface area (Å²) in [5, 5.41) is 0.472. The second-order valence-electron chi connectivity index (χ2n) is 8.64. The fraction of sp³-hybridized carbons (Fsp3) is 0.286. The van der Waals surface area contributed by atoms with Gasteiger partial charge in [0.2, 0.25) is 0 Å². The topological polar surface area (TPSA) is 87.9 Å². The summed E-state index contributed by atoms with van der Waals surface area (Å²) in [7, 11) is 2.67. The molecule has 0 spiro atoms. The average molecular weight is 550 g/mol. The van der Waals surface area contributed by atoms with Crippen molar-refractivity contribution in [1.29, 1.82) is 0 Å². The van der Waals surface area contributed by atoms with Gasteiger partial charge in [0.25, 0.3) is 0 Å². The van der Waals surface area contributed by atoms with Crippen molar-refractivity contribution < 1.29 is 37.0 Å². The van der Waals surface area contributed by atoms with Crippen LogP contribution in [0.25, 0.3) is 11.1 Å². The summed E-state index contributed by atoms with van der Waals surface area (Å²) in [6.45, 7) is 1.41. The van der Waals surface area contributed by atoms with Crippen LogP contribution < -0.4 is 10.5 Å². The normalized spacial score (nSPS) is 12.9. The van der Waals surface area contributed by atoms with Gasteiger partial charge in [0.15, 0.2) is 0 Å². The minimum absolute atomic E-state index is 0.0538. The lowest BCUT2D eigenvalue weighted by atomic mass is 9.86. The molecule has 0 aromatic heterocycles. The Morgan fingerprint density at radius 3 is 2.34 bits per heavy atom. The van der Waals surface area contributed by atoms with E-state index >= 15 is 0 Å². The Kier molecular flexibility index (Phi) is 9.40. The van der Waals surface area contributed by atoms with Crippen LogP contribution >= 0.6 is 11.6 Å². The second-order valence-corrected chi connectivity index (χ2v) is 9.08. The highest BCUT2D eigenvalue weighted by molar-refractivity contribution is 6.30. The van der Waals surface area contributed by atoms with Gasteiger partial charge in [-0.05, 0) is 58.7 Å². The highest BCUT2D eigenvalue weighted by Gasteiger charge is 2.34. The monoisotopic (exact) mass is 549 g/mol. The largest absolute Gasteiger partial charge is 0.496 e. The number of nitrogens with two attached hydrogens (primary N) is 1. The second kappa shape index (κ2) is 12.3. The molecule has 3 aromatic rings. The molecule has 202 valence electrons. The quantitative estimate of drug-likeness (QED) is 0.323. The number of carbonyl (C=O) groups is 2. The first-order chi connectivity index (χ1) is 17.9. The van der Waals surface area contributed by atoms with E-state index in [1.807, 2.05) is 0 Å². The molecular formula is C28H27ClF3NO5. The molecule has 2 N–H and O–H groups in total. The van der Waals surface area contributed by atoms with Crippen molar-refractivity contribution in [2.24, 2.45) is 11.7 Å². The van der Waals surface area contributed by atoms with Crippen LogP contribution in [0, 0.1) is 5.92 Å². The van der Waals surface area contributed by atoms with Gasteiger partial charge in [0.05, 0.1) is 32.1 Å². The van der Waals surface area contributed by atoms with Gasteiger partial charge in [-0.1, -0.05) is 42.8 Å². The van der Waals surface area contributed by atoms with Crippen molar-refractivity contribution in [3.05, 3.63) is 87.9 Å². The SMILES string of the molecule is COC(=O)Cc1ccc(OC)c(-c2ccc(C(F)(F)F)cc2C(N)C(C)C(=O)OCc2cccc(Cl)c2)c1. The number of halogens is 4. The lowest BCUT2D eigenvalue weighted by Crippen LogP contribution is -2.28. The van der Waals surface area contributed by atoms with E-state index in [0.29, 0.717) is 33.0 Å². The smallest absolute Gasteiger partial charge is 0.416 e. The molecule has 0 saturated carbocycles. The summed E-state index contributed by atoms with van der Waals surface area (Å²) in [5.41, 5.74) is 7.50. The standard InChI is InChI=1S/C28H27ClF3NO5/c1-16(27(35)38-15-18-5-4-6-20(29)11-18)26(33)23-14-19(28(30,31)32)8-9-21(23)22-12-17(13-25(34)37-3)7-10-24(22)36-2/h4-12,14,16,26H,13,15,33H2,1-3H3. The molecular weight excluding hydrogens is 523 g/mol. The summed E-state index contributed by atoms with van der Waals surface area (Å²) in [5.74, 6) is -1.82. The van der Waals surface area contributed by atoms with Gasteiger partial charge in [-0.2, -0.15) is 13.2 Å². The molecule has 10 heteroatoms. The zero-order valence-electron chi connectivity index (χ0n) is 21.0. The fourth-order valence-electron chi connectivity index (χ4n) is 3.90. The Morgan fingerprint density at radius 1 is 0.974 bits per heavy atom. The molecule has 0 amide bonds. The number of methoxy groups -OCH3 is 2. The first-order valence-electron chi connectivity index (χ1n) is 11.6. The molecule has 0 saturated heterocycles. The molecule has 0 radical (unpaired) electrons. The van der Waals surface area contributed by atoms with Gasteiger partial charge in [-0.3, -0.25) is 9.59 Å². The van der Waals surface area contributed by atoms with Crippen molar-refractivity contribution in [2.75, 3.05) is 14.2 Å². The number of esters is 2. The predicted molar refractivity (Wildman–Crippen MR) is 136 cm³/mol. The number of carbonyl (C=O) groups excluding carboxylic acids is 2. The van der Waals surface area contributed by atoms with Gasteiger partial charge >= 0.3 is 18.1 Å². The van der Waals surface area contributed by atoms with Gasteiger partial charge < -0.3 is 19.9 Å². The van der Waals surface area contributed by atoms with E-state index in [1.165, 1.54) is 27.2 Å². The van der Waals surface area contributed by atoms with Crippen LogP contribution in [-0.2, 0) is 38.3 Å². The molecule has 2 unspecified atom stereocenters. The lowest BCUT2D eigenvalue weighted by molar-refractivity contribution is -0.150. The maximum Gasteiger partial charge on any atom is 0.416 e. The predicted octanol–water partition coefficient (Wildman–Crippen LogP) is 6.13. The van der Waals surface area contributed by atoms with Gasteiger partial charge in [-0.15, -0.1) is 0 Å². The van der Waals surface area contributed by atoms with E-state index in [2.05, 4.69) is 0 Å². The molecule has 6 nitrogen and oxygen atoms in total. The van der Waals surface area contributed by atoms with Crippen LogP contribution in [0.3, 0.4) is 0 Å². The van der Waals surface area contributed by atoms with Crippen LogP contribution in [0.5, 0.6) is 5.75 Å². The van der Waals surface area contributed by atoms with Crippen molar-refractivity contribution in [3.8, 4) is 16.9 Å². The minimum atomic E-state index is -4.64. The van der Waals surface area contributed by atoms with Crippen LogP contribution in [0.4, 0.5) is 13.2 Å². The summed E-state index contributed by atoms with van der Waals surface area (Å²) < 4.78 is 56.5. The van der Waals surface area contributed by atoms with E-state index in [4.69, 9.17) is 31.5 Å². The number of hydrogen-bond acceptors (Lipinski definition) is 6. The van der Waals surface area contributed by atoms with E-state index in [-0.39, 0.29) is 18.6 Å². The van der Waals surface area contributed by atoms with Gasteiger partial charge in [-0.25, -0.2) is 0 Å². The average Bonchev–Trinajstić information content (AvgIpc) is 2.89. The Labute approximate surface area is 223 Å². The number of ether oxygens (including phenoxy) is 3. The lowest BCUT2D eigenvalue weighted by Gasteiger charge is -2.24. The van der Waals surface area contributed by atoms with Crippen molar-refractivity contribution in [2.45, 2.75) is 32.2 Å². The third-order valence-electron chi connectivity index (χ3n) is 6.05.